The standard InChI is InChI=1S/C17H29N3/c1-4-8-16-12-19-17(5-2,6-3)14-20(16)13-15-9-7-10-18-11-15/h7,9-11,16,19H,4-6,8,12-14H2,1-3H3. The van der Waals surface area contributed by atoms with Crippen LogP contribution in [0.15, 0.2) is 24.5 Å². The number of nitrogens with zero attached hydrogens (tertiary/aromatic N) is 2. The average molecular weight is 275 g/mol. The van der Waals surface area contributed by atoms with Crippen LogP contribution in [0.4, 0.5) is 0 Å². The van der Waals surface area contributed by atoms with Crippen LogP contribution in [0.3, 0.4) is 0 Å². The van der Waals surface area contributed by atoms with Crippen LogP contribution in [0.2, 0.25) is 0 Å². The summed E-state index contributed by atoms with van der Waals surface area (Å²) in [6, 6.07) is 4.89. The molecule has 2 heterocycles. The monoisotopic (exact) mass is 275 g/mol. The van der Waals surface area contributed by atoms with E-state index >= 15 is 0 Å². The SMILES string of the molecule is CCCC1CNC(CC)(CC)CN1Cc1cccnc1. The molecule has 1 aliphatic rings. The molecule has 1 fully saturated rings. The number of pyridine rings is 1. The molecule has 0 aliphatic carbocycles. The van der Waals surface area contributed by atoms with Gasteiger partial charge in [-0.2, -0.15) is 0 Å². The third-order valence-corrected chi connectivity index (χ3v) is 4.82. The summed E-state index contributed by atoms with van der Waals surface area (Å²) < 4.78 is 0. The van der Waals surface area contributed by atoms with Gasteiger partial charge in [-0.3, -0.25) is 9.88 Å². The zero-order valence-electron chi connectivity index (χ0n) is 13.2. The highest BCUT2D eigenvalue weighted by Gasteiger charge is 2.36. The van der Waals surface area contributed by atoms with Crippen molar-refractivity contribution in [3.05, 3.63) is 30.1 Å². The van der Waals surface area contributed by atoms with Gasteiger partial charge < -0.3 is 5.32 Å². The normalized spacial score (nSPS) is 22.9. The molecule has 0 saturated carbocycles. The van der Waals surface area contributed by atoms with Crippen LogP contribution in [-0.2, 0) is 6.54 Å². The topological polar surface area (TPSA) is 28.2 Å². The molecule has 0 spiro atoms. The maximum Gasteiger partial charge on any atom is 0.0312 e. The summed E-state index contributed by atoms with van der Waals surface area (Å²) in [7, 11) is 0. The molecule has 1 aliphatic heterocycles. The Kier molecular flexibility index (Phi) is 5.55. The maximum atomic E-state index is 4.26. The highest BCUT2D eigenvalue weighted by molar-refractivity contribution is 5.09. The predicted molar refractivity (Wildman–Crippen MR) is 84.7 cm³/mol. The Bertz CT molecular complexity index is 386. The van der Waals surface area contributed by atoms with Gasteiger partial charge in [-0.1, -0.05) is 33.3 Å². The lowest BCUT2D eigenvalue weighted by atomic mass is 9.87. The van der Waals surface area contributed by atoms with Gasteiger partial charge >= 0.3 is 0 Å². The molecule has 0 aromatic carbocycles. The minimum atomic E-state index is 0.298. The molecule has 3 heteroatoms. The molecule has 0 radical (unpaired) electrons. The highest BCUT2D eigenvalue weighted by atomic mass is 15.3. The quantitative estimate of drug-likeness (QED) is 0.864. The Morgan fingerprint density at radius 1 is 1.35 bits per heavy atom. The van der Waals surface area contributed by atoms with Gasteiger partial charge in [0.15, 0.2) is 0 Å². The molecular formula is C17H29N3. The fourth-order valence-electron chi connectivity index (χ4n) is 3.29. The second kappa shape index (κ2) is 7.19. The molecule has 0 amide bonds. The smallest absolute Gasteiger partial charge is 0.0312 e. The molecule has 1 aromatic heterocycles. The average Bonchev–Trinajstić information content (AvgIpc) is 2.50. The molecule has 1 aromatic rings. The third-order valence-electron chi connectivity index (χ3n) is 4.82. The number of hydrogen-bond donors (Lipinski definition) is 1. The summed E-state index contributed by atoms with van der Waals surface area (Å²) in [5.74, 6) is 0. The van der Waals surface area contributed by atoms with Crippen molar-refractivity contribution in [1.82, 2.24) is 15.2 Å². The summed E-state index contributed by atoms with van der Waals surface area (Å²) in [5.41, 5.74) is 1.63. The first-order chi connectivity index (χ1) is 9.73. The van der Waals surface area contributed by atoms with Gasteiger partial charge in [0.1, 0.15) is 0 Å². The molecule has 1 atom stereocenters. The molecule has 0 bridgehead atoms. The zero-order chi connectivity index (χ0) is 14.4. The van der Waals surface area contributed by atoms with Crippen LogP contribution < -0.4 is 5.32 Å². The van der Waals surface area contributed by atoms with E-state index in [4.69, 9.17) is 0 Å². The lowest BCUT2D eigenvalue weighted by Gasteiger charge is -2.47. The summed E-state index contributed by atoms with van der Waals surface area (Å²) in [5, 5.41) is 3.83. The van der Waals surface area contributed by atoms with Crippen LogP contribution in [0, 0.1) is 0 Å². The minimum Gasteiger partial charge on any atom is -0.308 e. The lowest BCUT2D eigenvalue weighted by Crippen LogP contribution is -2.63. The van der Waals surface area contributed by atoms with Crippen molar-refractivity contribution in [2.75, 3.05) is 13.1 Å². The molecule has 20 heavy (non-hydrogen) atoms. The molecule has 1 unspecified atom stereocenters. The second-order valence-electron chi connectivity index (χ2n) is 6.08. The van der Waals surface area contributed by atoms with E-state index in [1.165, 1.54) is 31.2 Å². The van der Waals surface area contributed by atoms with Crippen molar-refractivity contribution in [2.24, 2.45) is 0 Å². The summed E-state index contributed by atoms with van der Waals surface area (Å²) in [6.45, 7) is 10.2. The first kappa shape index (κ1) is 15.5. The van der Waals surface area contributed by atoms with Crippen molar-refractivity contribution >= 4 is 0 Å². The van der Waals surface area contributed by atoms with Crippen molar-refractivity contribution in [3.8, 4) is 0 Å². The van der Waals surface area contributed by atoms with E-state index in [-0.39, 0.29) is 0 Å². The lowest BCUT2D eigenvalue weighted by molar-refractivity contribution is 0.0616. The van der Waals surface area contributed by atoms with Gasteiger partial charge in [0, 0.05) is 43.6 Å². The van der Waals surface area contributed by atoms with E-state index < -0.39 is 0 Å². The van der Waals surface area contributed by atoms with E-state index in [1.54, 1.807) is 0 Å². The summed E-state index contributed by atoms with van der Waals surface area (Å²) in [6.07, 6.45) is 8.79. The Morgan fingerprint density at radius 2 is 2.15 bits per heavy atom. The molecule has 1 N–H and O–H groups in total. The Balaban J connectivity index is 2.10. The number of nitrogens with one attached hydrogen (secondary N) is 1. The van der Waals surface area contributed by atoms with Gasteiger partial charge in [0.05, 0.1) is 0 Å². The summed E-state index contributed by atoms with van der Waals surface area (Å²) in [4.78, 5) is 6.93. The summed E-state index contributed by atoms with van der Waals surface area (Å²) >= 11 is 0. The largest absolute Gasteiger partial charge is 0.308 e. The van der Waals surface area contributed by atoms with Crippen LogP contribution in [0.5, 0.6) is 0 Å². The first-order valence-corrected chi connectivity index (χ1v) is 8.11. The highest BCUT2D eigenvalue weighted by Crippen LogP contribution is 2.25. The van der Waals surface area contributed by atoms with E-state index in [9.17, 15) is 0 Å². The fourth-order valence-corrected chi connectivity index (χ4v) is 3.29. The Hall–Kier alpha value is -0.930. The molecule has 1 saturated heterocycles. The van der Waals surface area contributed by atoms with Crippen LogP contribution in [0.25, 0.3) is 0 Å². The van der Waals surface area contributed by atoms with E-state index in [0.29, 0.717) is 11.6 Å². The number of piperazine rings is 1. The van der Waals surface area contributed by atoms with Crippen molar-refractivity contribution in [3.63, 3.8) is 0 Å². The van der Waals surface area contributed by atoms with Crippen molar-refractivity contribution in [2.45, 2.75) is 64.6 Å². The van der Waals surface area contributed by atoms with Crippen LogP contribution in [-0.4, -0.2) is 34.6 Å². The van der Waals surface area contributed by atoms with E-state index in [2.05, 4.69) is 42.0 Å². The first-order valence-electron chi connectivity index (χ1n) is 8.11. The van der Waals surface area contributed by atoms with Crippen LogP contribution >= 0.6 is 0 Å². The number of hydrogen-bond acceptors (Lipinski definition) is 3. The number of aromatic nitrogens is 1. The van der Waals surface area contributed by atoms with Crippen LogP contribution in [0.1, 0.15) is 52.0 Å². The van der Waals surface area contributed by atoms with Gasteiger partial charge in [-0.25, -0.2) is 0 Å². The fraction of sp³-hybridized carbons (Fsp3) is 0.706. The minimum absolute atomic E-state index is 0.298. The molecular weight excluding hydrogens is 246 g/mol. The Labute approximate surface area is 123 Å². The second-order valence-corrected chi connectivity index (χ2v) is 6.08. The van der Waals surface area contributed by atoms with E-state index in [0.717, 1.165) is 19.6 Å². The van der Waals surface area contributed by atoms with Gasteiger partial charge in [-0.15, -0.1) is 0 Å². The zero-order valence-corrected chi connectivity index (χ0v) is 13.2. The number of rotatable bonds is 6. The van der Waals surface area contributed by atoms with Crippen molar-refractivity contribution in [1.29, 1.82) is 0 Å². The molecule has 2 rings (SSSR count). The third kappa shape index (κ3) is 3.58. The Morgan fingerprint density at radius 3 is 2.75 bits per heavy atom. The van der Waals surface area contributed by atoms with Gasteiger partial charge in [-0.05, 0) is 30.9 Å². The van der Waals surface area contributed by atoms with E-state index in [1.807, 2.05) is 18.5 Å². The maximum absolute atomic E-state index is 4.26. The predicted octanol–water partition coefficient (Wildman–Crippen LogP) is 3.21. The van der Waals surface area contributed by atoms with Gasteiger partial charge in [0.25, 0.3) is 0 Å². The van der Waals surface area contributed by atoms with Crippen molar-refractivity contribution < 1.29 is 0 Å². The molecule has 112 valence electrons. The van der Waals surface area contributed by atoms with Gasteiger partial charge in [0.2, 0.25) is 0 Å². The molecule has 3 nitrogen and oxygen atoms in total.